The third kappa shape index (κ3) is 9.33. The number of halogens is 1. The summed E-state index contributed by atoms with van der Waals surface area (Å²) in [6.45, 7) is 9.40. The number of fused-ring (bicyclic) bond motifs is 1. The molecule has 2 heterocycles. The van der Waals surface area contributed by atoms with E-state index in [1.165, 1.54) is 6.07 Å². The second-order valence-corrected chi connectivity index (χ2v) is 15.1. The number of carbonyl (C=O) groups excluding carboxylic acids is 3. The summed E-state index contributed by atoms with van der Waals surface area (Å²) < 4.78 is 43.7. The Morgan fingerprint density at radius 1 is 1.02 bits per heavy atom. The van der Waals surface area contributed by atoms with Gasteiger partial charge in [-0.05, 0) is 106 Å². The van der Waals surface area contributed by atoms with E-state index in [9.17, 15) is 9.59 Å². The van der Waals surface area contributed by atoms with E-state index < -0.39 is 17.6 Å². The number of hydrogen-bond acceptors (Lipinski definition) is 8. The third-order valence-electron chi connectivity index (χ3n) is 9.82. The van der Waals surface area contributed by atoms with E-state index in [-0.39, 0.29) is 49.5 Å². The van der Waals surface area contributed by atoms with Gasteiger partial charge >= 0.3 is 6.09 Å². The first-order valence-corrected chi connectivity index (χ1v) is 18.9. The summed E-state index contributed by atoms with van der Waals surface area (Å²) in [5.41, 5.74) is 2.37. The smallest absolute Gasteiger partial charge is 0.410 e. The van der Waals surface area contributed by atoms with Gasteiger partial charge in [0.2, 0.25) is 5.91 Å². The van der Waals surface area contributed by atoms with Crippen LogP contribution in [0.2, 0.25) is 0 Å². The van der Waals surface area contributed by atoms with Crippen LogP contribution in [0.3, 0.4) is 0 Å². The molecule has 1 saturated carbocycles. The molecule has 54 heavy (non-hydrogen) atoms. The normalized spacial score (nSPS) is 18.5. The molecule has 6 rings (SSSR count). The van der Waals surface area contributed by atoms with E-state index in [1.807, 2.05) is 62.9 Å². The van der Waals surface area contributed by atoms with Gasteiger partial charge in [-0.15, -0.1) is 0 Å². The fraction of sp³-hybridized carbons (Fsp3) is 0.500. The third-order valence-corrected chi connectivity index (χ3v) is 9.82. The van der Waals surface area contributed by atoms with Gasteiger partial charge in [0.25, 0.3) is 5.91 Å². The number of hydrogen-bond donors (Lipinski definition) is 0. The molecule has 2 aliphatic heterocycles. The molecule has 0 N–H and O–H groups in total. The van der Waals surface area contributed by atoms with Crippen LogP contribution < -0.4 is 19.3 Å². The minimum Gasteiger partial charge on any atom is -0.482 e. The molecule has 3 aromatic carbocycles. The predicted octanol–water partition coefficient (Wildman–Crippen LogP) is 7.55. The highest BCUT2D eigenvalue weighted by Gasteiger charge is 2.44. The number of likely N-dealkylation sites (tertiary alicyclic amines) is 1. The van der Waals surface area contributed by atoms with Crippen molar-refractivity contribution < 1.29 is 42.5 Å². The predicted molar refractivity (Wildman–Crippen MR) is 204 cm³/mol. The molecule has 1 aliphatic carbocycles. The monoisotopic (exact) mass is 745 g/mol. The van der Waals surface area contributed by atoms with Crippen molar-refractivity contribution in [1.29, 1.82) is 0 Å². The van der Waals surface area contributed by atoms with Gasteiger partial charge in [-0.1, -0.05) is 31.2 Å². The topological polar surface area (TPSA) is 107 Å². The van der Waals surface area contributed by atoms with E-state index in [1.54, 1.807) is 41.2 Å². The van der Waals surface area contributed by atoms with Crippen LogP contribution in [0.4, 0.5) is 20.6 Å². The Labute approximate surface area is 317 Å². The number of ether oxygens (including phenoxy) is 5. The van der Waals surface area contributed by atoms with Crippen LogP contribution in [-0.4, -0.2) is 87.8 Å². The van der Waals surface area contributed by atoms with Gasteiger partial charge in [0, 0.05) is 50.6 Å². The minimum atomic E-state index is -0.717. The fourth-order valence-corrected chi connectivity index (χ4v) is 7.16. The lowest BCUT2D eigenvalue weighted by molar-refractivity contribution is -0.124. The van der Waals surface area contributed by atoms with Gasteiger partial charge in [-0.3, -0.25) is 9.59 Å². The summed E-state index contributed by atoms with van der Waals surface area (Å²) in [4.78, 5) is 46.8. The van der Waals surface area contributed by atoms with Crippen LogP contribution in [0.15, 0.2) is 60.7 Å². The van der Waals surface area contributed by atoms with Crippen LogP contribution in [0.25, 0.3) is 11.1 Å². The molecule has 3 aromatic rings. The summed E-state index contributed by atoms with van der Waals surface area (Å²) in [6.07, 6.45) is 3.10. The molecule has 3 amide bonds. The van der Waals surface area contributed by atoms with Crippen molar-refractivity contribution in [1.82, 2.24) is 4.90 Å². The lowest BCUT2D eigenvalue weighted by Gasteiger charge is -2.41. The summed E-state index contributed by atoms with van der Waals surface area (Å²) >= 11 is 0. The summed E-state index contributed by atoms with van der Waals surface area (Å²) in [6, 6.07) is 17.7. The number of benzene rings is 3. The van der Waals surface area contributed by atoms with E-state index in [2.05, 4.69) is 0 Å². The largest absolute Gasteiger partial charge is 0.482 e. The van der Waals surface area contributed by atoms with Crippen LogP contribution in [-0.2, 0) is 23.8 Å². The Morgan fingerprint density at radius 2 is 1.81 bits per heavy atom. The first-order chi connectivity index (χ1) is 26.0. The van der Waals surface area contributed by atoms with Crippen molar-refractivity contribution in [3.05, 3.63) is 72.0 Å². The van der Waals surface area contributed by atoms with E-state index in [4.69, 9.17) is 23.7 Å². The second-order valence-electron chi connectivity index (χ2n) is 15.1. The summed E-state index contributed by atoms with van der Waals surface area (Å²) in [5.74, 6) is -0.639. The van der Waals surface area contributed by atoms with Crippen LogP contribution in [0.1, 0.15) is 71.3 Å². The molecular formula is C42H52FN3O8. The van der Waals surface area contributed by atoms with Gasteiger partial charge in [0.05, 0.1) is 18.2 Å². The molecule has 2 atom stereocenters. The SMILES string of the molecule is CCCOCOc1cc(-c2ccccc2F)cc([C@H]2CCN(C(=O)OC(C)(C)C)C[C@@H]2C(=O)N(c2ccc3c(c2)N(CCCOC)C(=O)CO3)C2CC2)c1. The van der Waals surface area contributed by atoms with Crippen molar-refractivity contribution in [3.63, 3.8) is 0 Å². The molecule has 1 saturated heterocycles. The molecule has 12 heteroatoms. The number of amides is 3. The number of methoxy groups -OCH3 is 1. The number of anilines is 2. The highest BCUT2D eigenvalue weighted by atomic mass is 19.1. The zero-order valence-electron chi connectivity index (χ0n) is 32.0. The molecule has 2 fully saturated rings. The zero-order valence-corrected chi connectivity index (χ0v) is 32.0. The Morgan fingerprint density at radius 3 is 2.54 bits per heavy atom. The highest BCUT2D eigenvalue weighted by molar-refractivity contribution is 6.01. The number of carbonyl (C=O) groups is 3. The van der Waals surface area contributed by atoms with Crippen LogP contribution >= 0.6 is 0 Å². The quantitative estimate of drug-likeness (QED) is 0.123. The Hall–Kier alpha value is -4.68. The minimum absolute atomic E-state index is 0.0238. The summed E-state index contributed by atoms with van der Waals surface area (Å²) in [7, 11) is 1.63. The lowest BCUT2D eigenvalue weighted by Crippen LogP contribution is -2.51. The lowest BCUT2D eigenvalue weighted by atomic mass is 9.78. The Bertz CT molecular complexity index is 1810. The van der Waals surface area contributed by atoms with Crippen LogP contribution in [0.5, 0.6) is 11.5 Å². The Kier molecular flexibility index (Phi) is 12.4. The van der Waals surface area contributed by atoms with Gasteiger partial charge in [-0.2, -0.15) is 0 Å². The number of piperidine rings is 1. The molecule has 0 unspecified atom stereocenters. The van der Waals surface area contributed by atoms with Gasteiger partial charge in [0.1, 0.15) is 22.9 Å². The van der Waals surface area contributed by atoms with E-state index in [0.717, 1.165) is 24.8 Å². The van der Waals surface area contributed by atoms with Crippen molar-refractivity contribution in [2.75, 3.05) is 63.2 Å². The molecule has 290 valence electrons. The van der Waals surface area contributed by atoms with Gasteiger partial charge < -0.3 is 38.4 Å². The Balaban J connectivity index is 1.39. The molecule has 3 aliphatic rings. The highest BCUT2D eigenvalue weighted by Crippen LogP contribution is 2.44. The summed E-state index contributed by atoms with van der Waals surface area (Å²) in [5, 5.41) is 0. The first-order valence-electron chi connectivity index (χ1n) is 18.9. The molecule has 0 radical (unpaired) electrons. The maximum Gasteiger partial charge on any atom is 0.410 e. The van der Waals surface area contributed by atoms with Crippen molar-refractivity contribution >= 4 is 29.3 Å². The molecule has 0 bridgehead atoms. The standard InChI is InChI=1S/C42H52FN3O8/c1-6-19-51-27-53-32-22-28(21-29(23-32)34-10-7-8-11-36(34)43)33-16-18-44(41(49)54-42(2,3)4)25-35(33)40(48)46(30-12-13-30)31-14-15-38-37(24-31)45(17-9-20-50-5)39(47)26-52-38/h7-8,10-11,14-15,21-24,30,33,35H,6,9,12-13,16-20,25-27H2,1-5H3/t33-,35+/m1/s1. The molecule has 11 nitrogen and oxygen atoms in total. The van der Waals surface area contributed by atoms with E-state index >= 15 is 9.18 Å². The molecule has 0 aromatic heterocycles. The van der Waals surface area contributed by atoms with E-state index in [0.29, 0.717) is 73.1 Å². The maximum absolute atomic E-state index is 15.2. The second kappa shape index (κ2) is 17.2. The number of rotatable bonds is 14. The number of nitrogens with zero attached hydrogens (tertiary/aromatic N) is 3. The van der Waals surface area contributed by atoms with Crippen molar-refractivity contribution in [3.8, 4) is 22.6 Å². The molecular weight excluding hydrogens is 693 g/mol. The van der Waals surface area contributed by atoms with Gasteiger partial charge in [0.15, 0.2) is 13.4 Å². The van der Waals surface area contributed by atoms with Gasteiger partial charge in [-0.25, -0.2) is 9.18 Å². The fourth-order valence-electron chi connectivity index (χ4n) is 7.16. The maximum atomic E-state index is 15.2. The first kappa shape index (κ1) is 39.0. The zero-order chi connectivity index (χ0) is 38.4. The van der Waals surface area contributed by atoms with Crippen molar-refractivity contribution in [2.45, 2.75) is 77.4 Å². The average Bonchev–Trinajstić information content (AvgIpc) is 3.99. The van der Waals surface area contributed by atoms with Crippen LogP contribution in [0, 0.1) is 11.7 Å². The van der Waals surface area contributed by atoms with Crippen molar-refractivity contribution in [2.24, 2.45) is 5.92 Å². The molecule has 0 spiro atoms. The average molecular weight is 746 g/mol.